The highest BCUT2D eigenvalue weighted by atomic mass is 35.5. The number of benzene rings is 1. The van der Waals surface area contributed by atoms with Crippen LogP contribution in [0.15, 0.2) is 18.2 Å². The van der Waals surface area contributed by atoms with Crippen molar-refractivity contribution < 1.29 is 4.74 Å². The fourth-order valence-corrected chi connectivity index (χ4v) is 3.21. The Balaban J connectivity index is 2.12. The lowest BCUT2D eigenvalue weighted by Gasteiger charge is -2.27. The highest BCUT2D eigenvalue weighted by Gasteiger charge is 2.33. The molecule has 5 heteroatoms. The van der Waals surface area contributed by atoms with Crippen molar-refractivity contribution in [3.05, 3.63) is 33.8 Å². The second-order valence-electron chi connectivity index (χ2n) is 4.98. The van der Waals surface area contributed by atoms with Gasteiger partial charge in [0.15, 0.2) is 0 Å². The molecule has 1 aromatic rings. The van der Waals surface area contributed by atoms with Crippen LogP contribution in [0.2, 0.25) is 10.0 Å². The number of halogens is 2. The first kappa shape index (κ1) is 15.1. The number of ether oxygens (including phenoxy) is 1. The van der Waals surface area contributed by atoms with E-state index in [1.807, 2.05) is 12.1 Å². The number of rotatable bonds is 5. The van der Waals surface area contributed by atoms with Gasteiger partial charge in [-0.25, -0.2) is 0 Å². The van der Waals surface area contributed by atoms with Crippen LogP contribution >= 0.6 is 23.2 Å². The van der Waals surface area contributed by atoms with Gasteiger partial charge in [-0.05, 0) is 43.0 Å². The zero-order chi connectivity index (χ0) is 13.8. The van der Waals surface area contributed by atoms with E-state index in [-0.39, 0.29) is 12.1 Å². The maximum atomic E-state index is 6.22. The second-order valence-corrected chi connectivity index (χ2v) is 5.83. The molecule has 1 aromatic carbocycles. The molecule has 3 N–H and O–H groups in total. The molecule has 0 spiro atoms. The van der Waals surface area contributed by atoms with Crippen molar-refractivity contribution in [3.8, 4) is 0 Å². The van der Waals surface area contributed by atoms with Crippen molar-refractivity contribution in [2.24, 2.45) is 11.8 Å². The Morgan fingerprint density at radius 2 is 2.26 bits per heavy atom. The van der Waals surface area contributed by atoms with E-state index in [0.29, 0.717) is 10.9 Å². The summed E-state index contributed by atoms with van der Waals surface area (Å²) < 4.78 is 5.73. The summed E-state index contributed by atoms with van der Waals surface area (Å²) in [5.74, 6) is 6.15. The Morgan fingerprint density at radius 1 is 1.47 bits per heavy atom. The summed E-state index contributed by atoms with van der Waals surface area (Å²) in [6.45, 7) is 2.95. The van der Waals surface area contributed by atoms with Gasteiger partial charge in [0.1, 0.15) is 0 Å². The molecule has 2 rings (SSSR count). The summed E-state index contributed by atoms with van der Waals surface area (Å²) in [5.41, 5.74) is 3.95. The van der Waals surface area contributed by atoms with Crippen molar-refractivity contribution >= 4 is 23.2 Å². The van der Waals surface area contributed by atoms with Crippen LogP contribution < -0.4 is 11.3 Å². The lowest BCUT2D eigenvalue weighted by Crippen LogP contribution is -2.45. The van der Waals surface area contributed by atoms with Crippen LogP contribution in [0.4, 0.5) is 0 Å². The molecule has 1 heterocycles. The number of hydrazine groups is 1. The summed E-state index contributed by atoms with van der Waals surface area (Å²) >= 11 is 12.2. The molecule has 3 atom stereocenters. The lowest BCUT2D eigenvalue weighted by atomic mass is 9.87. The van der Waals surface area contributed by atoms with E-state index in [9.17, 15) is 0 Å². The molecule has 3 unspecified atom stereocenters. The van der Waals surface area contributed by atoms with Gasteiger partial charge in [-0.1, -0.05) is 30.1 Å². The van der Waals surface area contributed by atoms with Gasteiger partial charge in [-0.3, -0.25) is 11.3 Å². The average molecular weight is 303 g/mol. The molecule has 0 saturated carbocycles. The molecular formula is C14H20Cl2N2O. The predicted octanol–water partition coefficient (Wildman–Crippen LogP) is 3.18. The van der Waals surface area contributed by atoms with E-state index in [2.05, 4.69) is 12.3 Å². The van der Waals surface area contributed by atoms with Crippen LogP contribution in [0.3, 0.4) is 0 Å². The van der Waals surface area contributed by atoms with Crippen LogP contribution in [0.5, 0.6) is 0 Å². The fourth-order valence-electron chi connectivity index (χ4n) is 2.82. The van der Waals surface area contributed by atoms with Gasteiger partial charge >= 0.3 is 0 Å². The maximum absolute atomic E-state index is 6.22. The number of nitrogens with two attached hydrogens (primary N) is 1. The van der Waals surface area contributed by atoms with Gasteiger partial charge in [-0.2, -0.15) is 0 Å². The Morgan fingerprint density at radius 3 is 2.95 bits per heavy atom. The predicted molar refractivity (Wildman–Crippen MR) is 79.4 cm³/mol. The monoisotopic (exact) mass is 302 g/mol. The Labute approximate surface area is 124 Å². The molecule has 0 bridgehead atoms. The molecule has 1 aliphatic heterocycles. The number of hydrogen-bond donors (Lipinski definition) is 2. The van der Waals surface area contributed by atoms with Crippen molar-refractivity contribution in [1.29, 1.82) is 0 Å². The molecule has 1 fully saturated rings. The summed E-state index contributed by atoms with van der Waals surface area (Å²) in [7, 11) is 0. The van der Waals surface area contributed by atoms with Gasteiger partial charge in [0.2, 0.25) is 0 Å². The summed E-state index contributed by atoms with van der Waals surface area (Å²) in [5, 5.41) is 1.43. The Bertz CT molecular complexity index is 428. The van der Waals surface area contributed by atoms with Crippen LogP contribution in [0.1, 0.15) is 25.3 Å². The first-order valence-electron chi connectivity index (χ1n) is 6.67. The molecule has 3 nitrogen and oxygen atoms in total. The first-order chi connectivity index (χ1) is 9.15. The van der Waals surface area contributed by atoms with E-state index in [1.54, 1.807) is 6.07 Å². The second kappa shape index (κ2) is 6.91. The van der Waals surface area contributed by atoms with Crippen molar-refractivity contribution in [2.45, 2.75) is 38.3 Å². The highest BCUT2D eigenvalue weighted by molar-refractivity contribution is 6.33. The normalized spacial score (nSPS) is 24.6. The average Bonchev–Trinajstić information content (AvgIpc) is 2.88. The third-order valence-corrected chi connectivity index (χ3v) is 4.45. The number of hydrogen-bond acceptors (Lipinski definition) is 3. The molecule has 0 amide bonds. The summed E-state index contributed by atoms with van der Waals surface area (Å²) in [4.78, 5) is 0. The molecule has 1 aliphatic rings. The van der Waals surface area contributed by atoms with Crippen molar-refractivity contribution in [3.63, 3.8) is 0 Å². The third-order valence-electron chi connectivity index (χ3n) is 3.84. The SMILES string of the molecule is CCC1OCCC1C(Cc1cc(Cl)ccc1Cl)NN. The minimum atomic E-state index is 0.156. The van der Waals surface area contributed by atoms with Crippen LogP contribution in [0.25, 0.3) is 0 Å². The van der Waals surface area contributed by atoms with Gasteiger partial charge < -0.3 is 4.74 Å². The minimum absolute atomic E-state index is 0.156. The molecule has 0 radical (unpaired) electrons. The van der Waals surface area contributed by atoms with Crippen LogP contribution in [-0.2, 0) is 11.2 Å². The standard InChI is InChI=1S/C14H20Cl2N2O/c1-2-14-11(5-6-19-14)13(18-17)8-9-7-10(15)3-4-12(9)16/h3-4,7,11,13-14,18H,2,5-6,8,17H2,1H3. The number of nitrogens with one attached hydrogen (secondary N) is 1. The first-order valence-corrected chi connectivity index (χ1v) is 7.43. The van der Waals surface area contributed by atoms with Crippen molar-refractivity contribution in [2.75, 3.05) is 6.61 Å². The maximum Gasteiger partial charge on any atom is 0.0617 e. The zero-order valence-electron chi connectivity index (χ0n) is 11.0. The summed E-state index contributed by atoms with van der Waals surface area (Å²) in [6.07, 6.45) is 3.08. The largest absolute Gasteiger partial charge is 0.378 e. The smallest absolute Gasteiger partial charge is 0.0617 e. The van der Waals surface area contributed by atoms with E-state index in [4.69, 9.17) is 33.8 Å². The summed E-state index contributed by atoms with van der Waals surface area (Å²) in [6, 6.07) is 5.69. The van der Waals surface area contributed by atoms with Gasteiger partial charge in [-0.15, -0.1) is 0 Å². The van der Waals surface area contributed by atoms with Gasteiger partial charge in [0.05, 0.1) is 6.10 Å². The fraction of sp³-hybridized carbons (Fsp3) is 0.571. The zero-order valence-corrected chi connectivity index (χ0v) is 12.5. The van der Waals surface area contributed by atoms with E-state index in [1.165, 1.54) is 0 Å². The van der Waals surface area contributed by atoms with Gasteiger partial charge in [0.25, 0.3) is 0 Å². The molecule has 0 aliphatic carbocycles. The van der Waals surface area contributed by atoms with Crippen LogP contribution in [0, 0.1) is 5.92 Å². The molecule has 19 heavy (non-hydrogen) atoms. The van der Waals surface area contributed by atoms with Gasteiger partial charge in [0, 0.05) is 28.6 Å². The minimum Gasteiger partial charge on any atom is -0.378 e. The third kappa shape index (κ3) is 3.61. The Hall–Kier alpha value is -0.320. The van der Waals surface area contributed by atoms with E-state index < -0.39 is 0 Å². The molecular weight excluding hydrogens is 283 g/mol. The van der Waals surface area contributed by atoms with E-state index >= 15 is 0 Å². The van der Waals surface area contributed by atoms with Crippen molar-refractivity contribution in [1.82, 2.24) is 5.43 Å². The Kier molecular flexibility index (Phi) is 5.48. The van der Waals surface area contributed by atoms with E-state index in [0.717, 1.165) is 36.5 Å². The molecule has 0 aromatic heterocycles. The molecule has 1 saturated heterocycles. The van der Waals surface area contributed by atoms with Crippen LogP contribution in [-0.4, -0.2) is 18.8 Å². The quantitative estimate of drug-likeness (QED) is 0.649. The lowest BCUT2D eigenvalue weighted by molar-refractivity contribution is 0.0775. The molecule has 106 valence electrons. The topological polar surface area (TPSA) is 47.3 Å². The highest BCUT2D eigenvalue weighted by Crippen LogP contribution is 2.30.